The van der Waals surface area contributed by atoms with Crippen LogP contribution in [0.3, 0.4) is 0 Å². The van der Waals surface area contributed by atoms with E-state index in [0.29, 0.717) is 12.1 Å². The summed E-state index contributed by atoms with van der Waals surface area (Å²) in [4.78, 5) is 15.2. The second kappa shape index (κ2) is 7.01. The summed E-state index contributed by atoms with van der Waals surface area (Å²) in [6, 6.07) is 15.6. The SMILES string of the molecule is CC(C)(C)OC(=O)n1cccc1C1=CC2CCC(C1)N2Cc1ccccc1. The minimum atomic E-state index is -0.495. The molecule has 0 aliphatic carbocycles. The van der Waals surface area contributed by atoms with Crippen molar-refractivity contribution in [3.05, 3.63) is 66.0 Å². The van der Waals surface area contributed by atoms with E-state index in [4.69, 9.17) is 4.74 Å². The Hall–Kier alpha value is -2.33. The van der Waals surface area contributed by atoms with E-state index in [0.717, 1.165) is 18.7 Å². The minimum absolute atomic E-state index is 0.303. The van der Waals surface area contributed by atoms with Gasteiger partial charge in [0, 0.05) is 24.8 Å². The molecule has 2 aliphatic rings. The van der Waals surface area contributed by atoms with E-state index in [9.17, 15) is 4.79 Å². The zero-order valence-electron chi connectivity index (χ0n) is 16.4. The van der Waals surface area contributed by atoms with Crippen molar-refractivity contribution in [3.8, 4) is 0 Å². The summed E-state index contributed by atoms with van der Waals surface area (Å²) < 4.78 is 7.23. The van der Waals surface area contributed by atoms with Gasteiger partial charge in [0.15, 0.2) is 0 Å². The number of hydrogen-bond donors (Lipinski definition) is 0. The number of rotatable bonds is 3. The van der Waals surface area contributed by atoms with E-state index in [1.807, 2.05) is 39.1 Å². The molecule has 4 nitrogen and oxygen atoms in total. The normalized spacial score (nSPS) is 22.6. The highest BCUT2D eigenvalue weighted by atomic mass is 16.6. The van der Waals surface area contributed by atoms with Gasteiger partial charge in [0.1, 0.15) is 5.60 Å². The molecule has 4 heteroatoms. The number of ether oxygens (including phenoxy) is 1. The molecule has 2 unspecified atom stereocenters. The van der Waals surface area contributed by atoms with Crippen LogP contribution in [0.2, 0.25) is 0 Å². The predicted molar refractivity (Wildman–Crippen MR) is 107 cm³/mol. The largest absolute Gasteiger partial charge is 0.443 e. The summed E-state index contributed by atoms with van der Waals surface area (Å²) >= 11 is 0. The maximum absolute atomic E-state index is 12.6. The molecule has 1 fully saturated rings. The Bertz CT molecular complexity index is 845. The molecule has 2 bridgehead atoms. The molecule has 1 aromatic carbocycles. The summed E-state index contributed by atoms with van der Waals surface area (Å²) in [5, 5.41) is 0. The summed E-state index contributed by atoms with van der Waals surface area (Å²) in [6.45, 7) is 6.69. The van der Waals surface area contributed by atoms with Gasteiger partial charge >= 0.3 is 6.09 Å². The molecule has 3 heterocycles. The Balaban J connectivity index is 1.55. The molecule has 2 aliphatic heterocycles. The second-order valence-electron chi connectivity index (χ2n) is 8.60. The molecular formula is C23H28N2O2. The minimum Gasteiger partial charge on any atom is -0.443 e. The van der Waals surface area contributed by atoms with Crippen molar-refractivity contribution in [1.29, 1.82) is 0 Å². The lowest BCUT2D eigenvalue weighted by Crippen LogP contribution is -2.38. The molecule has 1 aromatic heterocycles. The van der Waals surface area contributed by atoms with Crippen molar-refractivity contribution in [2.45, 2.75) is 64.3 Å². The lowest BCUT2D eigenvalue weighted by atomic mass is 9.98. The van der Waals surface area contributed by atoms with Crippen LogP contribution in [0, 0.1) is 0 Å². The first kappa shape index (κ1) is 18.1. The van der Waals surface area contributed by atoms with E-state index >= 15 is 0 Å². The lowest BCUT2D eigenvalue weighted by molar-refractivity contribution is 0.0535. The van der Waals surface area contributed by atoms with Gasteiger partial charge in [0.25, 0.3) is 0 Å². The monoisotopic (exact) mass is 364 g/mol. The van der Waals surface area contributed by atoms with Gasteiger partial charge in [0.05, 0.1) is 5.69 Å². The average Bonchev–Trinajstić information content (AvgIpc) is 3.17. The van der Waals surface area contributed by atoms with Crippen molar-refractivity contribution in [1.82, 2.24) is 9.47 Å². The molecule has 4 rings (SSSR count). The van der Waals surface area contributed by atoms with E-state index in [2.05, 4.69) is 41.3 Å². The van der Waals surface area contributed by atoms with Crippen LogP contribution in [-0.2, 0) is 11.3 Å². The van der Waals surface area contributed by atoms with Crippen LogP contribution in [-0.4, -0.2) is 33.2 Å². The Morgan fingerprint density at radius 1 is 1.11 bits per heavy atom. The standard InChI is InChI=1S/C23H28N2O2/c1-23(2,3)27-22(26)24-13-7-10-21(24)18-14-19-11-12-20(15-18)25(19)16-17-8-5-4-6-9-17/h4-10,13-14,19-20H,11-12,15-16H2,1-3H3. The van der Waals surface area contributed by atoms with Gasteiger partial charge in [-0.1, -0.05) is 36.4 Å². The molecule has 0 spiro atoms. The van der Waals surface area contributed by atoms with E-state index in [-0.39, 0.29) is 6.09 Å². The fraction of sp³-hybridized carbons (Fsp3) is 0.435. The molecule has 1 saturated heterocycles. The number of aromatic nitrogens is 1. The zero-order chi connectivity index (χ0) is 19.0. The van der Waals surface area contributed by atoms with Gasteiger partial charge in [-0.25, -0.2) is 4.79 Å². The maximum Gasteiger partial charge on any atom is 0.418 e. The fourth-order valence-corrected chi connectivity index (χ4v) is 4.26. The molecule has 0 amide bonds. The molecule has 27 heavy (non-hydrogen) atoms. The van der Waals surface area contributed by atoms with Crippen LogP contribution in [0.4, 0.5) is 4.79 Å². The van der Waals surface area contributed by atoms with E-state index < -0.39 is 5.60 Å². The number of nitrogens with zero attached hydrogens (tertiary/aromatic N) is 2. The van der Waals surface area contributed by atoms with Gasteiger partial charge in [0.2, 0.25) is 0 Å². The fourth-order valence-electron chi connectivity index (χ4n) is 4.26. The number of benzene rings is 1. The Kier molecular flexibility index (Phi) is 4.68. The third-order valence-electron chi connectivity index (χ3n) is 5.42. The topological polar surface area (TPSA) is 34.5 Å². The van der Waals surface area contributed by atoms with Crippen molar-refractivity contribution >= 4 is 11.7 Å². The van der Waals surface area contributed by atoms with Gasteiger partial charge in [-0.2, -0.15) is 0 Å². The highest BCUT2D eigenvalue weighted by Gasteiger charge is 2.37. The summed E-state index contributed by atoms with van der Waals surface area (Å²) in [5.74, 6) is 0. The zero-order valence-corrected chi connectivity index (χ0v) is 16.4. The smallest absolute Gasteiger partial charge is 0.418 e. The first-order chi connectivity index (χ1) is 12.9. The molecule has 142 valence electrons. The van der Waals surface area contributed by atoms with Crippen LogP contribution < -0.4 is 0 Å². The second-order valence-corrected chi connectivity index (χ2v) is 8.60. The number of hydrogen-bond acceptors (Lipinski definition) is 3. The first-order valence-electron chi connectivity index (χ1n) is 9.82. The van der Waals surface area contributed by atoms with Crippen molar-refractivity contribution < 1.29 is 9.53 Å². The lowest BCUT2D eigenvalue weighted by Gasteiger charge is -2.34. The maximum atomic E-state index is 12.6. The summed E-state index contributed by atoms with van der Waals surface area (Å²) in [7, 11) is 0. The Morgan fingerprint density at radius 3 is 2.59 bits per heavy atom. The predicted octanol–water partition coefficient (Wildman–Crippen LogP) is 5.09. The van der Waals surface area contributed by atoms with Gasteiger partial charge in [-0.15, -0.1) is 0 Å². The molecule has 0 radical (unpaired) electrons. The first-order valence-corrected chi connectivity index (χ1v) is 9.82. The van der Waals surface area contributed by atoms with Crippen LogP contribution in [0.5, 0.6) is 0 Å². The highest BCUT2D eigenvalue weighted by Crippen LogP contribution is 2.39. The average molecular weight is 364 g/mol. The summed E-state index contributed by atoms with van der Waals surface area (Å²) in [6.07, 6.45) is 7.25. The summed E-state index contributed by atoms with van der Waals surface area (Å²) in [5.41, 5.74) is 3.11. The van der Waals surface area contributed by atoms with E-state index in [1.165, 1.54) is 24.0 Å². The van der Waals surface area contributed by atoms with Gasteiger partial charge < -0.3 is 4.74 Å². The quantitative estimate of drug-likeness (QED) is 0.761. The number of fused-ring (bicyclic) bond motifs is 2. The van der Waals surface area contributed by atoms with Crippen molar-refractivity contribution in [2.75, 3.05) is 0 Å². The highest BCUT2D eigenvalue weighted by molar-refractivity contribution is 5.78. The number of carbonyl (C=O) groups excluding carboxylic acids is 1. The number of carbonyl (C=O) groups is 1. The van der Waals surface area contributed by atoms with Gasteiger partial charge in [-0.05, 0) is 63.3 Å². The van der Waals surface area contributed by atoms with Crippen LogP contribution in [0.25, 0.3) is 5.57 Å². The van der Waals surface area contributed by atoms with Gasteiger partial charge in [-0.3, -0.25) is 9.47 Å². The van der Waals surface area contributed by atoms with Crippen LogP contribution >= 0.6 is 0 Å². The van der Waals surface area contributed by atoms with E-state index in [1.54, 1.807) is 4.57 Å². The van der Waals surface area contributed by atoms with Crippen LogP contribution in [0.1, 0.15) is 51.3 Å². The Labute approximate surface area is 161 Å². The third-order valence-corrected chi connectivity index (χ3v) is 5.42. The van der Waals surface area contributed by atoms with Crippen LogP contribution in [0.15, 0.2) is 54.7 Å². The third kappa shape index (κ3) is 3.86. The molecule has 0 saturated carbocycles. The Morgan fingerprint density at radius 2 is 1.89 bits per heavy atom. The van der Waals surface area contributed by atoms with Crippen molar-refractivity contribution in [2.24, 2.45) is 0 Å². The molecule has 0 N–H and O–H groups in total. The molecule has 2 aromatic rings. The van der Waals surface area contributed by atoms with Crippen molar-refractivity contribution in [3.63, 3.8) is 0 Å². The molecular weight excluding hydrogens is 336 g/mol. The molecule has 2 atom stereocenters.